The predicted octanol–water partition coefficient (Wildman–Crippen LogP) is -1.95. The van der Waals surface area contributed by atoms with Gasteiger partial charge in [-0.05, 0) is 26.7 Å². The van der Waals surface area contributed by atoms with Crippen molar-refractivity contribution in [2.24, 2.45) is 0 Å². The van der Waals surface area contributed by atoms with E-state index in [4.69, 9.17) is 0 Å². The van der Waals surface area contributed by atoms with E-state index in [1.165, 1.54) is 9.80 Å². The van der Waals surface area contributed by atoms with Gasteiger partial charge in [-0.15, -0.1) is 0 Å². The second kappa shape index (κ2) is 11.2. The Morgan fingerprint density at radius 3 is 1.81 bits per heavy atom. The van der Waals surface area contributed by atoms with Crippen LogP contribution in [0.3, 0.4) is 0 Å². The van der Waals surface area contributed by atoms with Gasteiger partial charge in [0.2, 0.25) is 6.29 Å². The minimum atomic E-state index is -1.05. The zero-order valence-electron chi connectivity index (χ0n) is 18.1. The molecule has 2 saturated heterocycles. The number of carbonyl (C=O) groups excluding carboxylic acids is 7. The van der Waals surface area contributed by atoms with Gasteiger partial charge in [-0.25, -0.2) is 9.59 Å². The molecule has 0 aliphatic carbocycles. The standard InChI is InChI=1S/C19H27N6O7/c1-3-22-8-10-24(16(29)14(22)27)18(31)20-7-5-6-13(12-26)21-19(32)25-11-9-23(4-2)15(28)17(25)30/h13H,3-11H2,1-2H3,(H,20,31)(H,21,32). The van der Waals surface area contributed by atoms with E-state index < -0.39 is 41.7 Å². The van der Waals surface area contributed by atoms with Crippen LogP contribution in [-0.2, 0) is 24.0 Å². The van der Waals surface area contributed by atoms with Gasteiger partial charge < -0.3 is 20.4 Å². The van der Waals surface area contributed by atoms with Gasteiger partial charge in [0.1, 0.15) is 0 Å². The molecule has 13 nitrogen and oxygen atoms in total. The van der Waals surface area contributed by atoms with Crippen molar-refractivity contribution >= 4 is 42.0 Å². The van der Waals surface area contributed by atoms with Gasteiger partial charge in [-0.2, -0.15) is 0 Å². The summed E-state index contributed by atoms with van der Waals surface area (Å²) in [4.78, 5) is 87.7. The number of likely N-dealkylation sites (N-methyl/N-ethyl adjacent to an activating group) is 2. The molecule has 0 spiro atoms. The van der Waals surface area contributed by atoms with E-state index in [-0.39, 0.29) is 45.6 Å². The number of amides is 8. The third-order valence-corrected chi connectivity index (χ3v) is 5.26. The quantitative estimate of drug-likeness (QED) is 0.321. The highest BCUT2D eigenvalue weighted by atomic mass is 16.2. The molecule has 2 heterocycles. The molecule has 0 saturated carbocycles. The first-order valence-electron chi connectivity index (χ1n) is 10.4. The number of imide groups is 2. The lowest BCUT2D eigenvalue weighted by molar-refractivity contribution is -0.153. The molecule has 0 aromatic rings. The topological polar surface area (TPSA) is 157 Å². The molecule has 32 heavy (non-hydrogen) atoms. The number of nitrogens with one attached hydrogen (secondary N) is 2. The first kappa shape index (κ1) is 24.8. The largest absolute Gasteiger partial charge is 0.338 e. The molecule has 175 valence electrons. The van der Waals surface area contributed by atoms with Crippen LogP contribution in [-0.4, -0.2) is 113 Å². The van der Waals surface area contributed by atoms with Crippen molar-refractivity contribution in [1.29, 1.82) is 0 Å². The minimum absolute atomic E-state index is 0.0178. The number of hydrogen-bond donors (Lipinski definition) is 2. The Balaban J connectivity index is 1.76. The van der Waals surface area contributed by atoms with Crippen LogP contribution in [0.1, 0.15) is 26.7 Å². The van der Waals surface area contributed by atoms with Crippen LogP contribution in [0.15, 0.2) is 0 Å². The van der Waals surface area contributed by atoms with Crippen molar-refractivity contribution in [3.63, 3.8) is 0 Å². The van der Waals surface area contributed by atoms with E-state index in [1.54, 1.807) is 20.1 Å². The molecule has 2 aliphatic heterocycles. The maximum absolute atomic E-state index is 12.3. The Hall–Kier alpha value is -3.51. The molecule has 0 bridgehead atoms. The van der Waals surface area contributed by atoms with Gasteiger partial charge >= 0.3 is 35.7 Å². The molecule has 0 aromatic heterocycles. The van der Waals surface area contributed by atoms with Gasteiger partial charge in [0.15, 0.2) is 0 Å². The molecular formula is C19H27N6O7. The summed E-state index contributed by atoms with van der Waals surface area (Å²) in [6, 6.07) is -2.63. The number of hydrogen-bond acceptors (Lipinski definition) is 7. The molecular weight excluding hydrogens is 424 g/mol. The SMILES string of the molecule is CCN1CCN(C(=O)NCCCC([C]=O)NC(=O)N2CCN(CC)C(=O)C2=O)C(=O)C1=O. The third-order valence-electron chi connectivity index (χ3n) is 5.26. The van der Waals surface area contributed by atoms with Crippen molar-refractivity contribution in [3.05, 3.63) is 0 Å². The number of rotatable bonds is 8. The Bertz CT molecular complexity index is 801. The average molecular weight is 451 g/mol. The van der Waals surface area contributed by atoms with Crippen molar-refractivity contribution in [3.8, 4) is 0 Å². The summed E-state index contributed by atoms with van der Waals surface area (Å²) in [5.41, 5.74) is 0. The number of urea groups is 2. The first-order chi connectivity index (χ1) is 15.2. The second-order valence-corrected chi connectivity index (χ2v) is 7.18. The van der Waals surface area contributed by atoms with E-state index >= 15 is 0 Å². The van der Waals surface area contributed by atoms with Crippen LogP contribution in [0.4, 0.5) is 9.59 Å². The van der Waals surface area contributed by atoms with Crippen LogP contribution in [0, 0.1) is 0 Å². The Labute approximate surface area is 185 Å². The van der Waals surface area contributed by atoms with Gasteiger partial charge in [0.25, 0.3) is 0 Å². The van der Waals surface area contributed by atoms with E-state index in [9.17, 15) is 33.6 Å². The zero-order chi connectivity index (χ0) is 23.8. The van der Waals surface area contributed by atoms with Crippen molar-refractivity contribution < 1.29 is 33.6 Å². The fourth-order valence-corrected chi connectivity index (χ4v) is 3.32. The fourth-order valence-electron chi connectivity index (χ4n) is 3.32. The van der Waals surface area contributed by atoms with E-state index in [0.29, 0.717) is 13.1 Å². The summed E-state index contributed by atoms with van der Waals surface area (Å²) in [6.45, 7) is 4.84. The molecule has 0 aromatic carbocycles. The number of piperazine rings is 2. The lowest BCUT2D eigenvalue weighted by Gasteiger charge is -2.32. The van der Waals surface area contributed by atoms with Crippen LogP contribution in [0.5, 0.6) is 0 Å². The Morgan fingerprint density at radius 2 is 1.34 bits per heavy atom. The molecule has 2 aliphatic rings. The van der Waals surface area contributed by atoms with Gasteiger partial charge in [-0.1, -0.05) is 0 Å². The summed E-state index contributed by atoms with van der Waals surface area (Å²) in [5.74, 6) is -3.38. The highest BCUT2D eigenvalue weighted by Crippen LogP contribution is 2.07. The van der Waals surface area contributed by atoms with Crippen molar-refractivity contribution in [2.75, 3.05) is 45.8 Å². The zero-order valence-corrected chi connectivity index (χ0v) is 18.1. The summed E-state index contributed by atoms with van der Waals surface area (Å²) in [5, 5.41) is 4.83. The second-order valence-electron chi connectivity index (χ2n) is 7.18. The summed E-state index contributed by atoms with van der Waals surface area (Å²) in [6.07, 6.45) is 2.00. The van der Waals surface area contributed by atoms with Crippen LogP contribution < -0.4 is 10.6 Å². The minimum Gasteiger partial charge on any atom is -0.338 e. The van der Waals surface area contributed by atoms with Crippen LogP contribution in [0.2, 0.25) is 0 Å². The van der Waals surface area contributed by atoms with Gasteiger partial charge in [0.05, 0.1) is 6.04 Å². The molecule has 1 radical (unpaired) electrons. The monoisotopic (exact) mass is 451 g/mol. The van der Waals surface area contributed by atoms with Crippen molar-refractivity contribution in [2.45, 2.75) is 32.7 Å². The van der Waals surface area contributed by atoms with Crippen LogP contribution >= 0.6 is 0 Å². The van der Waals surface area contributed by atoms with E-state index in [0.717, 1.165) is 9.80 Å². The molecule has 8 amide bonds. The van der Waals surface area contributed by atoms with Crippen molar-refractivity contribution in [1.82, 2.24) is 30.2 Å². The highest BCUT2D eigenvalue weighted by molar-refractivity contribution is 6.38. The lowest BCUT2D eigenvalue weighted by Crippen LogP contribution is -2.59. The summed E-state index contributed by atoms with van der Waals surface area (Å²) >= 11 is 0. The predicted molar refractivity (Wildman–Crippen MR) is 109 cm³/mol. The molecule has 2 rings (SSSR count). The molecule has 1 atom stereocenters. The number of nitrogens with zero attached hydrogens (tertiary/aromatic N) is 4. The first-order valence-corrected chi connectivity index (χ1v) is 10.4. The van der Waals surface area contributed by atoms with E-state index in [2.05, 4.69) is 10.6 Å². The molecule has 1 unspecified atom stereocenters. The van der Waals surface area contributed by atoms with Gasteiger partial charge in [-0.3, -0.25) is 33.8 Å². The number of carbonyl (C=O) groups is 6. The molecule has 2 N–H and O–H groups in total. The fraction of sp³-hybridized carbons (Fsp3) is 0.632. The normalized spacial score (nSPS) is 18.1. The molecule has 13 heteroatoms. The van der Waals surface area contributed by atoms with E-state index in [1.807, 2.05) is 0 Å². The summed E-state index contributed by atoms with van der Waals surface area (Å²) < 4.78 is 0. The summed E-state index contributed by atoms with van der Waals surface area (Å²) in [7, 11) is 0. The lowest BCUT2D eigenvalue weighted by atomic mass is 10.2. The third kappa shape index (κ3) is 5.59. The maximum Gasteiger partial charge on any atom is 0.325 e. The highest BCUT2D eigenvalue weighted by Gasteiger charge is 2.36. The smallest absolute Gasteiger partial charge is 0.325 e. The Kier molecular flexibility index (Phi) is 8.67. The van der Waals surface area contributed by atoms with Crippen LogP contribution in [0.25, 0.3) is 0 Å². The average Bonchev–Trinajstić information content (AvgIpc) is 2.79. The van der Waals surface area contributed by atoms with Gasteiger partial charge in [0, 0.05) is 45.8 Å². The molecule has 2 fully saturated rings. The Morgan fingerprint density at radius 1 is 0.844 bits per heavy atom. The maximum atomic E-state index is 12.3.